The largest absolute Gasteiger partial charge is 0.493 e. The van der Waals surface area contributed by atoms with Crippen molar-refractivity contribution in [2.45, 2.75) is 12.5 Å². The summed E-state index contributed by atoms with van der Waals surface area (Å²) >= 11 is 0. The van der Waals surface area contributed by atoms with E-state index >= 15 is 0 Å². The molecular formula is C21H20N2O7. The molecule has 0 bridgehead atoms. The Kier molecular flexibility index (Phi) is 4.73. The highest BCUT2D eigenvalue weighted by molar-refractivity contribution is 6.11. The van der Waals surface area contributed by atoms with Gasteiger partial charge in [0.05, 0.1) is 20.8 Å². The molecule has 4 rings (SSSR count). The van der Waals surface area contributed by atoms with Gasteiger partial charge in [-0.15, -0.1) is 0 Å². The molecule has 156 valence electrons. The van der Waals surface area contributed by atoms with Crippen LogP contribution in [0.4, 0.5) is 4.79 Å². The molecule has 30 heavy (non-hydrogen) atoms. The van der Waals surface area contributed by atoms with Crippen LogP contribution in [0.3, 0.4) is 0 Å². The Morgan fingerprint density at radius 3 is 2.53 bits per heavy atom. The molecule has 0 radical (unpaired) electrons. The van der Waals surface area contributed by atoms with Crippen molar-refractivity contribution in [1.82, 2.24) is 10.2 Å². The molecule has 0 saturated carbocycles. The van der Waals surface area contributed by atoms with Gasteiger partial charge in [0.1, 0.15) is 5.54 Å². The van der Waals surface area contributed by atoms with E-state index in [1.807, 2.05) is 0 Å². The standard InChI is InChI=1S/C21H20N2O7/c1-21(13-5-7-16-18(9-13)30-11-29-16)19(25)23(20(26)22-21)10-14(24)12-4-6-15(27-2)17(8-12)28-3/h4-9H,10-11H2,1-3H3,(H,22,26)/t21-/m1/s1. The first kappa shape index (κ1) is 19.6. The van der Waals surface area contributed by atoms with Crippen molar-refractivity contribution in [2.75, 3.05) is 27.6 Å². The Bertz CT molecular complexity index is 1050. The molecule has 9 nitrogen and oxygen atoms in total. The van der Waals surface area contributed by atoms with Crippen LogP contribution in [0.15, 0.2) is 36.4 Å². The second kappa shape index (κ2) is 7.25. The summed E-state index contributed by atoms with van der Waals surface area (Å²) in [4.78, 5) is 39.3. The van der Waals surface area contributed by atoms with Gasteiger partial charge in [-0.1, -0.05) is 6.07 Å². The third kappa shape index (κ3) is 3.08. The van der Waals surface area contributed by atoms with E-state index in [0.717, 1.165) is 4.90 Å². The van der Waals surface area contributed by atoms with Crippen LogP contribution in [0.2, 0.25) is 0 Å². The Labute approximate surface area is 172 Å². The summed E-state index contributed by atoms with van der Waals surface area (Å²) in [6.45, 7) is 1.29. The number of rotatable bonds is 6. The summed E-state index contributed by atoms with van der Waals surface area (Å²) in [5.41, 5.74) is -0.494. The lowest BCUT2D eigenvalue weighted by molar-refractivity contribution is -0.130. The van der Waals surface area contributed by atoms with Crippen molar-refractivity contribution in [2.24, 2.45) is 0 Å². The van der Waals surface area contributed by atoms with Crippen molar-refractivity contribution < 1.29 is 33.3 Å². The van der Waals surface area contributed by atoms with Crippen LogP contribution in [0.1, 0.15) is 22.8 Å². The normalized spacial score (nSPS) is 19.6. The first-order valence-corrected chi connectivity index (χ1v) is 9.17. The SMILES string of the molecule is COc1ccc(C(=O)CN2C(=O)N[C@](C)(c3ccc4c(c3)OCO4)C2=O)cc1OC. The molecule has 0 unspecified atom stereocenters. The number of hydrogen-bond donors (Lipinski definition) is 1. The zero-order valence-corrected chi connectivity index (χ0v) is 16.7. The summed E-state index contributed by atoms with van der Waals surface area (Å²) in [6, 6.07) is 9.03. The van der Waals surface area contributed by atoms with Gasteiger partial charge < -0.3 is 24.3 Å². The number of urea groups is 1. The third-order valence-electron chi connectivity index (χ3n) is 5.23. The maximum absolute atomic E-state index is 13.1. The van der Waals surface area contributed by atoms with E-state index in [-0.39, 0.29) is 6.79 Å². The summed E-state index contributed by atoms with van der Waals surface area (Å²) in [6.07, 6.45) is 0. The van der Waals surface area contributed by atoms with Gasteiger partial charge in [0.25, 0.3) is 5.91 Å². The molecule has 0 spiro atoms. The lowest BCUT2D eigenvalue weighted by Crippen LogP contribution is -2.41. The van der Waals surface area contributed by atoms with Gasteiger partial charge >= 0.3 is 6.03 Å². The number of imide groups is 1. The predicted molar refractivity (Wildman–Crippen MR) is 104 cm³/mol. The Morgan fingerprint density at radius 1 is 1.07 bits per heavy atom. The van der Waals surface area contributed by atoms with Gasteiger partial charge in [0.2, 0.25) is 6.79 Å². The lowest BCUT2D eigenvalue weighted by Gasteiger charge is -2.22. The number of amides is 3. The van der Waals surface area contributed by atoms with E-state index in [1.165, 1.54) is 20.3 Å². The van der Waals surface area contributed by atoms with Crippen LogP contribution in [0.5, 0.6) is 23.0 Å². The second-order valence-electron chi connectivity index (χ2n) is 7.01. The Hall–Kier alpha value is -3.75. The van der Waals surface area contributed by atoms with Gasteiger partial charge in [0.15, 0.2) is 28.8 Å². The van der Waals surface area contributed by atoms with E-state index < -0.39 is 29.8 Å². The van der Waals surface area contributed by atoms with Crippen LogP contribution in [0.25, 0.3) is 0 Å². The number of ketones is 1. The molecule has 0 aliphatic carbocycles. The number of benzene rings is 2. The number of fused-ring (bicyclic) bond motifs is 1. The van der Waals surface area contributed by atoms with Crippen LogP contribution >= 0.6 is 0 Å². The van der Waals surface area contributed by atoms with Crippen LogP contribution in [0, 0.1) is 0 Å². The molecule has 1 fully saturated rings. The zero-order chi connectivity index (χ0) is 21.5. The van der Waals surface area contributed by atoms with Gasteiger partial charge in [-0.05, 0) is 42.8 Å². The molecule has 1 atom stereocenters. The molecule has 3 amide bonds. The number of nitrogens with one attached hydrogen (secondary N) is 1. The summed E-state index contributed by atoms with van der Waals surface area (Å²) < 4.78 is 21.0. The number of nitrogens with zero attached hydrogens (tertiary/aromatic N) is 1. The van der Waals surface area contributed by atoms with Crippen molar-refractivity contribution in [3.63, 3.8) is 0 Å². The van der Waals surface area contributed by atoms with Crippen molar-refractivity contribution in [3.8, 4) is 23.0 Å². The molecule has 1 saturated heterocycles. The third-order valence-corrected chi connectivity index (χ3v) is 5.23. The highest BCUT2D eigenvalue weighted by atomic mass is 16.7. The van der Waals surface area contributed by atoms with E-state index in [0.29, 0.717) is 34.1 Å². The number of ether oxygens (including phenoxy) is 4. The molecule has 1 N–H and O–H groups in total. The Balaban J connectivity index is 1.56. The van der Waals surface area contributed by atoms with E-state index in [1.54, 1.807) is 37.3 Å². The zero-order valence-electron chi connectivity index (χ0n) is 16.7. The highest BCUT2D eigenvalue weighted by Crippen LogP contribution is 2.38. The van der Waals surface area contributed by atoms with Crippen molar-refractivity contribution in [3.05, 3.63) is 47.5 Å². The first-order valence-electron chi connectivity index (χ1n) is 9.17. The maximum Gasteiger partial charge on any atom is 0.325 e. The topological polar surface area (TPSA) is 103 Å². The number of Topliss-reactive ketones (excluding diaryl/α,β-unsaturated/α-hetero) is 1. The average Bonchev–Trinajstić information content (AvgIpc) is 3.31. The highest BCUT2D eigenvalue weighted by Gasteiger charge is 2.49. The van der Waals surface area contributed by atoms with Gasteiger partial charge in [-0.2, -0.15) is 0 Å². The number of hydrogen-bond acceptors (Lipinski definition) is 7. The predicted octanol–water partition coefficient (Wildman–Crippen LogP) is 2.08. The monoisotopic (exact) mass is 412 g/mol. The van der Waals surface area contributed by atoms with Crippen molar-refractivity contribution >= 4 is 17.7 Å². The second-order valence-corrected chi connectivity index (χ2v) is 7.01. The molecular weight excluding hydrogens is 392 g/mol. The van der Waals surface area contributed by atoms with Crippen LogP contribution in [-0.4, -0.2) is 50.2 Å². The van der Waals surface area contributed by atoms with Crippen LogP contribution in [-0.2, 0) is 10.3 Å². The average molecular weight is 412 g/mol. The number of methoxy groups -OCH3 is 2. The summed E-state index contributed by atoms with van der Waals surface area (Å²) in [5.74, 6) is 0.981. The Morgan fingerprint density at radius 2 is 1.80 bits per heavy atom. The van der Waals surface area contributed by atoms with E-state index in [4.69, 9.17) is 18.9 Å². The fraction of sp³-hybridized carbons (Fsp3) is 0.286. The first-order chi connectivity index (χ1) is 14.4. The molecule has 2 aliphatic rings. The van der Waals surface area contributed by atoms with Gasteiger partial charge in [-0.25, -0.2) is 4.79 Å². The fourth-order valence-corrected chi connectivity index (χ4v) is 3.49. The quantitative estimate of drug-likeness (QED) is 0.572. The van der Waals surface area contributed by atoms with Crippen LogP contribution < -0.4 is 24.3 Å². The fourth-order valence-electron chi connectivity index (χ4n) is 3.49. The van der Waals surface area contributed by atoms with Gasteiger partial charge in [-0.3, -0.25) is 14.5 Å². The van der Waals surface area contributed by atoms with Crippen molar-refractivity contribution in [1.29, 1.82) is 0 Å². The van der Waals surface area contributed by atoms with Gasteiger partial charge in [0, 0.05) is 5.56 Å². The summed E-state index contributed by atoms with van der Waals surface area (Å²) in [5, 5.41) is 2.68. The molecule has 2 aromatic rings. The molecule has 2 heterocycles. The maximum atomic E-state index is 13.1. The molecule has 2 aromatic carbocycles. The lowest BCUT2D eigenvalue weighted by atomic mass is 9.91. The van der Waals surface area contributed by atoms with E-state index in [2.05, 4.69) is 5.32 Å². The molecule has 9 heteroatoms. The molecule has 0 aromatic heterocycles. The molecule has 2 aliphatic heterocycles. The minimum absolute atomic E-state index is 0.0990. The minimum Gasteiger partial charge on any atom is -0.493 e. The number of carbonyl (C=O) groups excluding carboxylic acids is 3. The number of carbonyl (C=O) groups is 3. The smallest absolute Gasteiger partial charge is 0.325 e. The summed E-state index contributed by atoms with van der Waals surface area (Å²) in [7, 11) is 2.95. The minimum atomic E-state index is -1.32. The van der Waals surface area contributed by atoms with E-state index in [9.17, 15) is 14.4 Å².